The molecule has 0 radical (unpaired) electrons. The van der Waals surface area contributed by atoms with Gasteiger partial charge in [-0.05, 0) is 28.8 Å². The van der Waals surface area contributed by atoms with E-state index < -0.39 is 0 Å². The lowest BCUT2D eigenvalue weighted by atomic mass is 10.0. The molecule has 2 rings (SSSR count). The van der Waals surface area contributed by atoms with Crippen molar-refractivity contribution in [1.29, 1.82) is 0 Å². The van der Waals surface area contributed by atoms with Crippen LogP contribution in [0.15, 0.2) is 48.5 Å². The molecule has 0 heterocycles. The first kappa shape index (κ1) is 15.5. The third-order valence-corrected chi connectivity index (χ3v) is 3.49. The molecule has 0 fully saturated rings. The van der Waals surface area contributed by atoms with Crippen LogP contribution in [0.25, 0.3) is 0 Å². The molecule has 0 aliphatic carbocycles. The number of hydrogen-bond donors (Lipinski definition) is 1. The Kier molecular flexibility index (Phi) is 5.78. The van der Waals surface area contributed by atoms with Gasteiger partial charge < -0.3 is 10.1 Å². The Morgan fingerprint density at radius 1 is 1.05 bits per heavy atom. The molecule has 1 N–H and O–H groups in total. The lowest BCUT2D eigenvalue weighted by Crippen LogP contribution is -2.15. The van der Waals surface area contributed by atoms with Crippen molar-refractivity contribution in [2.45, 2.75) is 19.5 Å². The first-order chi connectivity index (χ1) is 10.2. The van der Waals surface area contributed by atoms with Crippen LogP contribution in [0.2, 0.25) is 5.02 Å². The van der Waals surface area contributed by atoms with Gasteiger partial charge in [0.1, 0.15) is 0 Å². The Balaban J connectivity index is 1.93. The molecule has 0 bridgehead atoms. The van der Waals surface area contributed by atoms with Gasteiger partial charge in [-0.3, -0.25) is 4.79 Å². The summed E-state index contributed by atoms with van der Waals surface area (Å²) in [6.45, 7) is 1.46. The Labute approximate surface area is 129 Å². The van der Waals surface area contributed by atoms with Crippen molar-refractivity contribution in [3.05, 3.63) is 70.2 Å². The molecule has 0 saturated carbocycles. The summed E-state index contributed by atoms with van der Waals surface area (Å²) in [6.07, 6.45) is 0.301. The molecule has 0 aliphatic rings. The standard InChI is InChI=1S/C17H18ClNO2/c1-21-17(20)10-14-4-2-3-5-15(14)12-19-11-13-6-8-16(18)9-7-13/h2-9,19H,10-12H2,1H3. The molecule has 0 unspecified atom stereocenters. The molecule has 2 aromatic carbocycles. The van der Waals surface area contributed by atoms with Crippen LogP contribution in [0.5, 0.6) is 0 Å². The van der Waals surface area contributed by atoms with Gasteiger partial charge in [0.15, 0.2) is 0 Å². The molecule has 4 heteroatoms. The number of methoxy groups -OCH3 is 1. The van der Waals surface area contributed by atoms with E-state index in [1.807, 2.05) is 48.5 Å². The van der Waals surface area contributed by atoms with Crippen LogP contribution < -0.4 is 5.32 Å². The number of esters is 1. The van der Waals surface area contributed by atoms with Crippen LogP contribution in [0.3, 0.4) is 0 Å². The van der Waals surface area contributed by atoms with Crippen LogP contribution in [0, 0.1) is 0 Å². The smallest absolute Gasteiger partial charge is 0.309 e. The van der Waals surface area contributed by atoms with Gasteiger partial charge >= 0.3 is 5.97 Å². The maximum atomic E-state index is 11.4. The van der Waals surface area contributed by atoms with Gasteiger partial charge in [-0.25, -0.2) is 0 Å². The summed E-state index contributed by atoms with van der Waals surface area (Å²) < 4.78 is 4.72. The number of hydrogen-bond acceptors (Lipinski definition) is 3. The van der Waals surface area contributed by atoms with Gasteiger partial charge in [0.25, 0.3) is 0 Å². The van der Waals surface area contributed by atoms with E-state index >= 15 is 0 Å². The summed E-state index contributed by atoms with van der Waals surface area (Å²) in [5, 5.41) is 4.11. The average Bonchev–Trinajstić information content (AvgIpc) is 2.51. The maximum Gasteiger partial charge on any atom is 0.309 e. The molecule has 21 heavy (non-hydrogen) atoms. The lowest BCUT2D eigenvalue weighted by molar-refractivity contribution is -0.139. The highest BCUT2D eigenvalue weighted by atomic mass is 35.5. The van der Waals surface area contributed by atoms with Crippen molar-refractivity contribution < 1.29 is 9.53 Å². The fourth-order valence-corrected chi connectivity index (χ4v) is 2.20. The van der Waals surface area contributed by atoms with Gasteiger partial charge in [0.2, 0.25) is 0 Å². The predicted octanol–water partition coefficient (Wildman–Crippen LogP) is 3.35. The number of halogens is 1. The molecular formula is C17H18ClNO2. The minimum atomic E-state index is -0.222. The van der Waals surface area contributed by atoms with Gasteiger partial charge in [-0.15, -0.1) is 0 Å². The second-order valence-electron chi connectivity index (χ2n) is 4.75. The van der Waals surface area contributed by atoms with Crippen molar-refractivity contribution in [1.82, 2.24) is 5.32 Å². The minimum Gasteiger partial charge on any atom is -0.469 e. The van der Waals surface area contributed by atoms with Crippen LogP contribution in [-0.4, -0.2) is 13.1 Å². The van der Waals surface area contributed by atoms with Crippen molar-refractivity contribution in [3.63, 3.8) is 0 Å². The number of nitrogens with one attached hydrogen (secondary N) is 1. The van der Waals surface area contributed by atoms with E-state index in [1.165, 1.54) is 12.7 Å². The predicted molar refractivity (Wildman–Crippen MR) is 84.2 cm³/mol. The second-order valence-corrected chi connectivity index (χ2v) is 5.19. The van der Waals surface area contributed by atoms with Crippen LogP contribution in [-0.2, 0) is 29.0 Å². The topological polar surface area (TPSA) is 38.3 Å². The fraction of sp³-hybridized carbons (Fsp3) is 0.235. The number of benzene rings is 2. The van der Waals surface area contributed by atoms with E-state index in [2.05, 4.69) is 5.32 Å². The SMILES string of the molecule is COC(=O)Cc1ccccc1CNCc1ccc(Cl)cc1. The number of rotatable bonds is 6. The summed E-state index contributed by atoms with van der Waals surface area (Å²) in [5.41, 5.74) is 3.27. The van der Waals surface area contributed by atoms with E-state index in [9.17, 15) is 4.79 Å². The summed E-state index contributed by atoms with van der Waals surface area (Å²) >= 11 is 5.86. The molecule has 0 amide bonds. The van der Waals surface area contributed by atoms with Crippen molar-refractivity contribution in [3.8, 4) is 0 Å². The second kappa shape index (κ2) is 7.81. The first-order valence-corrected chi connectivity index (χ1v) is 7.15. The summed E-state index contributed by atoms with van der Waals surface area (Å²) in [7, 11) is 1.41. The Bertz CT molecular complexity index is 596. The van der Waals surface area contributed by atoms with Crippen molar-refractivity contribution >= 4 is 17.6 Å². The molecule has 0 atom stereocenters. The Hall–Kier alpha value is -1.84. The monoisotopic (exact) mass is 303 g/mol. The number of ether oxygens (including phenoxy) is 1. The van der Waals surface area contributed by atoms with Gasteiger partial charge in [0.05, 0.1) is 13.5 Å². The van der Waals surface area contributed by atoms with Crippen molar-refractivity contribution in [2.75, 3.05) is 7.11 Å². The van der Waals surface area contributed by atoms with Gasteiger partial charge in [-0.1, -0.05) is 48.0 Å². The molecule has 3 nitrogen and oxygen atoms in total. The minimum absolute atomic E-state index is 0.222. The molecule has 0 spiro atoms. The van der Waals surface area contributed by atoms with Crippen LogP contribution >= 0.6 is 11.6 Å². The average molecular weight is 304 g/mol. The Morgan fingerprint density at radius 3 is 2.38 bits per heavy atom. The molecule has 0 aromatic heterocycles. The zero-order valence-electron chi connectivity index (χ0n) is 11.9. The molecule has 110 valence electrons. The first-order valence-electron chi connectivity index (χ1n) is 6.78. The van der Waals surface area contributed by atoms with E-state index in [-0.39, 0.29) is 5.97 Å². The molecule has 2 aromatic rings. The molecule has 0 aliphatic heterocycles. The summed E-state index contributed by atoms with van der Waals surface area (Å²) in [4.78, 5) is 11.4. The lowest BCUT2D eigenvalue weighted by Gasteiger charge is -2.10. The van der Waals surface area contributed by atoms with Crippen molar-refractivity contribution in [2.24, 2.45) is 0 Å². The highest BCUT2D eigenvalue weighted by Crippen LogP contribution is 2.12. The third-order valence-electron chi connectivity index (χ3n) is 3.24. The van der Waals surface area contributed by atoms with Gasteiger partial charge in [-0.2, -0.15) is 0 Å². The fourth-order valence-electron chi connectivity index (χ4n) is 2.07. The molecule has 0 saturated heterocycles. The van der Waals surface area contributed by atoms with Crippen LogP contribution in [0.4, 0.5) is 0 Å². The number of carbonyl (C=O) groups is 1. The third kappa shape index (κ3) is 4.88. The van der Waals surface area contributed by atoms with E-state index in [0.717, 1.165) is 22.7 Å². The molecular weight excluding hydrogens is 286 g/mol. The normalized spacial score (nSPS) is 10.4. The quantitative estimate of drug-likeness (QED) is 0.832. The van der Waals surface area contributed by atoms with E-state index in [1.54, 1.807) is 0 Å². The van der Waals surface area contributed by atoms with Gasteiger partial charge in [0, 0.05) is 18.1 Å². The Morgan fingerprint density at radius 2 is 1.71 bits per heavy atom. The maximum absolute atomic E-state index is 11.4. The zero-order valence-corrected chi connectivity index (χ0v) is 12.7. The van der Waals surface area contributed by atoms with E-state index in [4.69, 9.17) is 16.3 Å². The van der Waals surface area contributed by atoms with Crippen LogP contribution in [0.1, 0.15) is 16.7 Å². The van der Waals surface area contributed by atoms with E-state index in [0.29, 0.717) is 13.0 Å². The highest BCUT2D eigenvalue weighted by molar-refractivity contribution is 6.30. The highest BCUT2D eigenvalue weighted by Gasteiger charge is 2.07. The zero-order chi connectivity index (χ0) is 15.1. The summed E-state index contributed by atoms with van der Waals surface area (Å²) in [6, 6.07) is 15.6. The largest absolute Gasteiger partial charge is 0.469 e. The number of carbonyl (C=O) groups excluding carboxylic acids is 1. The summed E-state index contributed by atoms with van der Waals surface area (Å²) in [5.74, 6) is -0.222.